The zero-order valence-corrected chi connectivity index (χ0v) is 14.4. The van der Waals surface area contributed by atoms with Gasteiger partial charge in [-0.1, -0.05) is 39.8 Å². The van der Waals surface area contributed by atoms with E-state index in [1.807, 2.05) is 13.8 Å². The summed E-state index contributed by atoms with van der Waals surface area (Å²) in [6.45, 7) is 11.4. The Kier molecular flexibility index (Phi) is 5.39. The second-order valence-corrected chi connectivity index (χ2v) is 7.44. The number of nitrogens with one attached hydrogen (secondary N) is 1. The molecule has 0 aromatic heterocycles. The van der Waals surface area contributed by atoms with Crippen LogP contribution in [0.25, 0.3) is 0 Å². The van der Waals surface area contributed by atoms with E-state index in [0.717, 1.165) is 6.42 Å². The number of hydrogen-bond acceptors (Lipinski definition) is 2. The second-order valence-electron chi connectivity index (χ2n) is 7.44. The maximum absolute atomic E-state index is 12.4. The van der Waals surface area contributed by atoms with Gasteiger partial charge in [0.25, 0.3) is 0 Å². The molecular weight excluding hydrogens is 278 g/mol. The molecule has 0 spiro atoms. The van der Waals surface area contributed by atoms with Gasteiger partial charge in [0.1, 0.15) is 0 Å². The molecule has 1 rings (SSSR count). The van der Waals surface area contributed by atoms with Crippen molar-refractivity contribution in [2.45, 2.75) is 53.4 Å². The number of amides is 1. The Morgan fingerprint density at radius 1 is 1.09 bits per heavy atom. The quantitative estimate of drug-likeness (QED) is 0.833. The normalized spacial score (nSPS) is 12.3. The van der Waals surface area contributed by atoms with Gasteiger partial charge in [-0.2, -0.15) is 0 Å². The van der Waals surface area contributed by atoms with Crippen molar-refractivity contribution in [1.29, 1.82) is 0 Å². The number of benzene rings is 1. The third-order valence-electron chi connectivity index (χ3n) is 3.93. The Bertz CT molecular complexity index is 542. The van der Waals surface area contributed by atoms with Gasteiger partial charge in [0.15, 0.2) is 0 Å². The lowest BCUT2D eigenvalue weighted by molar-refractivity contribution is -0.142. The first-order valence-electron chi connectivity index (χ1n) is 7.62. The van der Waals surface area contributed by atoms with Crippen molar-refractivity contribution >= 4 is 17.6 Å². The Labute approximate surface area is 132 Å². The Morgan fingerprint density at radius 2 is 1.59 bits per heavy atom. The lowest BCUT2D eigenvalue weighted by Crippen LogP contribution is -2.32. The summed E-state index contributed by atoms with van der Waals surface area (Å²) in [4.78, 5) is 23.6. The number of rotatable bonds is 6. The molecule has 0 radical (unpaired) electrons. The lowest BCUT2D eigenvalue weighted by Gasteiger charge is -2.26. The molecule has 1 aromatic carbocycles. The molecule has 0 heterocycles. The van der Waals surface area contributed by atoms with Crippen LogP contribution in [0.5, 0.6) is 0 Å². The van der Waals surface area contributed by atoms with E-state index in [2.05, 4.69) is 19.2 Å². The SMILES string of the molecule is CC(C)CC(C)(C)C(=O)Nc1ccc(C(C)(C)C(=O)O)cc1. The molecule has 0 bridgehead atoms. The molecule has 4 nitrogen and oxygen atoms in total. The molecule has 122 valence electrons. The van der Waals surface area contributed by atoms with Gasteiger partial charge >= 0.3 is 5.97 Å². The second kappa shape index (κ2) is 6.51. The van der Waals surface area contributed by atoms with Crippen molar-refractivity contribution in [1.82, 2.24) is 0 Å². The van der Waals surface area contributed by atoms with Crippen LogP contribution in [-0.4, -0.2) is 17.0 Å². The van der Waals surface area contributed by atoms with E-state index in [-0.39, 0.29) is 5.91 Å². The molecule has 0 atom stereocenters. The van der Waals surface area contributed by atoms with Crippen molar-refractivity contribution in [3.63, 3.8) is 0 Å². The summed E-state index contributed by atoms with van der Waals surface area (Å²) >= 11 is 0. The molecule has 0 saturated heterocycles. The minimum atomic E-state index is -0.945. The Hall–Kier alpha value is -1.84. The summed E-state index contributed by atoms with van der Waals surface area (Å²) in [6.07, 6.45) is 0.808. The first-order valence-corrected chi connectivity index (χ1v) is 7.62. The van der Waals surface area contributed by atoms with Crippen LogP contribution in [-0.2, 0) is 15.0 Å². The van der Waals surface area contributed by atoms with Crippen LogP contribution < -0.4 is 5.32 Å². The summed E-state index contributed by atoms with van der Waals surface area (Å²) in [5.41, 5.74) is 0.0123. The maximum atomic E-state index is 12.4. The van der Waals surface area contributed by atoms with Crippen molar-refractivity contribution < 1.29 is 14.7 Å². The van der Waals surface area contributed by atoms with E-state index < -0.39 is 16.8 Å². The number of carboxylic acid groups (broad SMARTS) is 1. The van der Waals surface area contributed by atoms with Gasteiger partial charge in [-0.15, -0.1) is 0 Å². The highest BCUT2D eigenvalue weighted by molar-refractivity contribution is 5.94. The molecule has 0 unspecified atom stereocenters. The van der Waals surface area contributed by atoms with Crippen LogP contribution in [0.4, 0.5) is 5.69 Å². The van der Waals surface area contributed by atoms with E-state index in [1.54, 1.807) is 38.1 Å². The molecule has 0 aliphatic heterocycles. The molecule has 0 saturated carbocycles. The van der Waals surface area contributed by atoms with Gasteiger partial charge in [0.05, 0.1) is 5.41 Å². The summed E-state index contributed by atoms with van der Waals surface area (Å²) in [6, 6.07) is 7.01. The molecule has 1 aromatic rings. The third kappa shape index (κ3) is 4.33. The van der Waals surface area contributed by atoms with Gasteiger partial charge in [-0.3, -0.25) is 9.59 Å². The van der Waals surface area contributed by atoms with Crippen LogP contribution in [0.3, 0.4) is 0 Å². The number of aliphatic carboxylic acids is 1. The highest BCUT2D eigenvalue weighted by atomic mass is 16.4. The molecular formula is C18H27NO3. The average molecular weight is 305 g/mol. The van der Waals surface area contributed by atoms with Crippen LogP contribution in [0.15, 0.2) is 24.3 Å². The third-order valence-corrected chi connectivity index (χ3v) is 3.93. The minimum Gasteiger partial charge on any atom is -0.481 e. The van der Waals surface area contributed by atoms with E-state index in [1.165, 1.54) is 0 Å². The van der Waals surface area contributed by atoms with E-state index >= 15 is 0 Å². The average Bonchev–Trinajstić information content (AvgIpc) is 2.37. The highest BCUT2D eigenvalue weighted by Crippen LogP contribution is 2.28. The van der Waals surface area contributed by atoms with E-state index in [9.17, 15) is 14.7 Å². The molecule has 1 amide bonds. The van der Waals surface area contributed by atoms with Crippen LogP contribution in [0.1, 0.15) is 53.5 Å². The molecule has 0 aliphatic rings. The fraction of sp³-hybridized carbons (Fsp3) is 0.556. The van der Waals surface area contributed by atoms with Gasteiger partial charge in [0.2, 0.25) is 5.91 Å². The lowest BCUT2D eigenvalue weighted by atomic mass is 9.83. The van der Waals surface area contributed by atoms with E-state index in [0.29, 0.717) is 17.2 Å². The summed E-state index contributed by atoms with van der Waals surface area (Å²) in [5, 5.41) is 12.1. The zero-order valence-electron chi connectivity index (χ0n) is 14.4. The first kappa shape index (κ1) is 18.2. The summed E-state index contributed by atoms with van der Waals surface area (Å²) in [5.74, 6) is -0.451. The number of carboxylic acids is 1. The monoisotopic (exact) mass is 305 g/mol. The van der Waals surface area contributed by atoms with Gasteiger partial charge in [-0.05, 0) is 43.9 Å². The number of anilines is 1. The van der Waals surface area contributed by atoms with Gasteiger partial charge < -0.3 is 10.4 Å². The smallest absolute Gasteiger partial charge is 0.313 e. The van der Waals surface area contributed by atoms with Crippen molar-refractivity contribution in [2.75, 3.05) is 5.32 Å². The largest absolute Gasteiger partial charge is 0.481 e. The Balaban J connectivity index is 2.85. The first-order chi connectivity index (χ1) is 9.96. The van der Waals surface area contributed by atoms with Crippen LogP contribution >= 0.6 is 0 Å². The molecule has 4 heteroatoms. The highest BCUT2D eigenvalue weighted by Gasteiger charge is 2.30. The summed E-state index contributed by atoms with van der Waals surface area (Å²) in [7, 11) is 0. The number of carbonyl (C=O) groups excluding carboxylic acids is 1. The number of hydrogen-bond donors (Lipinski definition) is 2. The molecule has 0 aliphatic carbocycles. The Morgan fingerprint density at radius 3 is 2.00 bits per heavy atom. The fourth-order valence-corrected chi connectivity index (χ4v) is 2.51. The summed E-state index contributed by atoms with van der Waals surface area (Å²) < 4.78 is 0. The van der Waals surface area contributed by atoms with Gasteiger partial charge in [-0.25, -0.2) is 0 Å². The van der Waals surface area contributed by atoms with Crippen molar-refractivity contribution in [3.8, 4) is 0 Å². The van der Waals surface area contributed by atoms with Crippen molar-refractivity contribution in [3.05, 3.63) is 29.8 Å². The predicted molar refractivity (Wildman–Crippen MR) is 89.0 cm³/mol. The predicted octanol–water partition coefficient (Wildman–Crippen LogP) is 4.06. The number of carbonyl (C=O) groups is 2. The van der Waals surface area contributed by atoms with Crippen LogP contribution in [0, 0.1) is 11.3 Å². The van der Waals surface area contributed by atoms with Crippen molar-refractivity contribution in [2.24, 2.45) is 11.3 Å². The topological polar surface area (TPSA) is 66.4 Å². The molecule has 0 fully saturated rings. The molecule has 22 heavy (non-hydrogen) atoms. The van der Waals surface area contributed by atoms with Crippen LogP contribution in [0.2, 0.25) is 0 Å². The fourth-order valence-electron chi connectivity index (χ4n) is 2.51. The zero-order chi connectivity index (χ0) is 17.1. The minimum absolute atomic E-state index is 0.0218. The maximum Gasteiger partial charge on any atom is 0.313 e. The van der Waals surface area contributed by atoms with E-state index in [4.69, 9.17) is 0 Å². The molecule has 2 N–H and O–H groups in total. The van der Waals surface area contributed by atoms with Gasteiger partial charge in [0, 0.05) is 11.1 Å². The standard InChI is InChI=1S/C18H27NO3/c1-12(2)11-17(3,4)15(20)19-14-9-7-13(8-10-14)18(5,6)16(21)22/h7-10,12H,11H2,1-6H3,(H,19,20)(H,21,22).